The fourth-order valence-electron chi connectivity index (χ4n) is 5.12. The van der Waals surface area contributed by atoms with Crippen molar-refractivity contribution < 1.29 is 40.3 Å². The van der Waals surface area contributed by atoms with Crippen LogP contribution in [0.1, 0.15) is 31.2 Å². The molecule has 0 amide bonds. The van der Waals surface area contributed by atoms with E-state index in [4.69, 9.17) is 21.1 Å². The molecule has 1 fully saturated rings. The highest BCUT2D eigenvalue weighted by molar-refractivity contribution is 7.97. The maximum atomic E-state index is 15.4. The minimum absolute atomic E-state index is 0.0831. The number of hydrogen-bond donors (Lipinski definition) is 1. The zero-order chi connectivity index (χ0) is 28.1. The van der Waals surface area contributed by atoms with Crippen molar-refractivity contribution >= 4 is 43.2 Å². The fourth-order valence-corrected chi connectivity index (χ4v) is 9.44. The lowest BCUT2D eigenvalue weighted by Crippen LogP contribution is -2.34. The molecule has 0 bridgehead atoms. The molecule has 3 heterocycles. The molecule has 0 radical (unpaired) electrons. The van der Waals surface area contributed by atoms with Crippen LogP contribution in [-0.2, 0) is 38.7 Å². The molecule has 2 aromatic rings. The summed E-state index contributed by atoms with van der Waals surface area (Å²) >= 11 is 6.39. The molecule has 9 nitrogen and oxygen atoms in total. The second kappa shape index (κ2) is 10.1. The molecule has 3 aliphatic rings. The Bertz CT molecular complexity index is 1660. The Kier molecular flexibility index (Phi) is 7.06. The summed E-state index contributed by atoms with van der Waals surface area (Å²) in [6.07, 6.45) is 0.669. The van der Waals surface area contributed by atoms with Gasteiger partial charge in [0.05, 0.1) is 51.1 Å². The van der Waals surface area contributed by atoms with Crippen LogP contribution in [0.15, 0.2) is 74.1 Å². The number of hydrogen-bond acceptors (Lipinski definition) is 9. The SMILES string of the molecule is CC1=C(C(=O)OCCC2CCOC2=O)C(c2c(F)cccc2Cl)C2=C(CS(=O)(=O)c3ccccc3S2(=O)=O)N1. The summed E-state index contributed by atoms with van der Waals surface area (Å²) in [5.74, 6) is -5.01. The van der Waals surface area contributed by atoms with Crippen LogP contribution >= 0.6 is 11.6 Å². The minimum atomic E-state index is -4.60. The van der Waals surface area contributed by atoms with Crippen LogP contribution in [0.5, 0.6) is 0 Å². The lowest BCUT2D eigenvalue weighted by molar-refractivity contribution is -0.144. The first-order chi connectivity index (χ1) is 18.4. The van der Waals surface area contributed by atoms with Gasteiger partial charge in [0.1, 0.15) is 5.82 Å². The molecule has 2 unspecified atom stereocenters. The number of esters is 2. The predicted octanol–water partition coefficient (Wildman–Crippen LogP) is 3.41. The second-order valence-corrected chi connectivity index (χ2v) is 13.6. The summed E-state index contributed by atoms with van der Waals surface area (Å²) in [5, 5.41) is 2.62. The van der Waals surface area contributed by atoms with Gasteiger partial charge in [-0.2, -0.15) is 0 Å². The van der Waals surface area contributed by atoms with Gasteiger partial charge in [0, 0.05) is 22.0 Å². The number of carbonyl (C=O) groups excluding carboxylic acids is 2. The summed E-state index contributed by atoms with van der Waals surface area (Å²) in [7, 11) is -8.75. The molecule has 1 saturated heterocycles. The van der Waals surface area contributed by atoms with Crippen molar-refractivity contribution in [2.45, 2.75) is 35.5 Å². The lowest BCUT2D eigenvalue weighted by atomic mass is 9.86. The smallest absolute Gasteiger partial charge is 0.336 e. The molecule has 39 heavy (non-hydrogen) atoms. The van der Waals surface area contributed by atoms with Crippen molar-refractivity contribution in [1.29, 1.82) is 0 Å². The molecule has 5 rings (SSSR count). The van der Waals surface area contributed by atoms with E-state index in [0.29, 0.717) is 6.42 Å². The molecule has 2 aromatic carbocycles. The molecule has 0 aliphatic carbocycles. The van der Waals surface area contributed by atoms with E-state index >= 15 is 4.39 Å². The minimum Gasteiger partial charge on any atom is -0.465 e. The Morgan fingerprint density at radius 1 is 1.13 bits per heavy atom. The van der Waals surface area contributed by atoms with Crippen LogP contribution in [0.3, 0.4) is 0 Å². The summed E-state index contributed by atoms with van der Waals surface area (Å²) in [6.45, 7) is 1.54. The number of halogens is 2. The lowest BCUT2D eigenvalue weighted by Gasteiger charge is -2.31. The van der Waals surface area contributed by atoms with Gasteiger partial charge in [0.25, 0.3) is 0 Å². The first-order valence-corrected chi connectivity index (χ1v) is 15.5. The van der Waals surface area contributed by atoms with Crippen molar-refractivity contribution in [2.24, 2.45) is 5.92 Å². The van der Waals surface area contributed by atoms with Crippen LogP contribution < -0.4 is 5.32 Å². The Balaban J connectivity index is 1.65. The van der Waals surface area contributed by atoms with Crippen LogP contribution in [0, 0.1) is 11.7 Å². The molecule has 206 valence electrons. The average molecular weight is 596 g/mol. The van der Waals surface area contributed by atoms with Crippen LogP contribution in [0.2, 0.25) is 5.02 Å². The van der Waals surface area contributed by atoms with Gasteiger partial charge < -0.3 is 14.8 Å². The maximum Gasteiger partial charge on any atom is 0.336 e. The van der Waals surface area contributed by atoms with E-state index in [1.165, 1.54) is 37.3 Å². The third-order valence-corrected chi connectivity index (χ3v) is 11.1. The Hall–Kier alpha value is -3.22. The maximum absolute atomic E-state index is 15.4. The number of rotatable bonds is 5. The highest BCUT2D eigenvalue weighted by atomic mass is 35.5. The molecule has 0 aromatic heterocycles. The van der Waals surface area contributed by atoms with Crippen molar-refractivity contribution in [3.63, 3.8) is 0 Å². The monoisotopic (exact) mass is 595 g/mol. The van der Waals surface area contributed by atoms with Crippen LogP contribution in [0.25, 0.3) is 0 Å². The molecule has 13 heteroatoms. The van der Waals surface area contributed by atoms with Gasteiger partial charge in [0.2, 0.25) is 9.84 Å². The van der Waals surface area contributed by atoms with Gasteiger partial charge in [-0.15, -0.1) is 0 Å². The molecular weight excluding hydrogens is 573 g/mol. The van der Waals surface area contributed by atoms with Gasteiger partial charge in [-0.1, -0.05) is 29.8 Å². The third kappa shape index (κ3) is 4.74. The summed E-state index contributed by atoms with van der Waals surface area (Å²) < 4.78 is 80.4. The number of allylic oxidation sites excluding steroid dienone is 2. The number of carbonyl (C=O) groups is 2. The Labute approximate surface area is 229 Å². The van der Waals surface area contributed by atoms with Crippen LogP contribution in [0.4, 0.5) is 4.39 Å². The van der Waals surface area contributed by atoms with Gasteiger partial charge in [-0.3, -0.25) is 4.79 Å². The van der Waals surface area contributed by atoms with Gasteiger partial charge >= 0.3 is 11.9 Å². The summed E-state index contributed by atoms with van der Waals surface area (Å²) in [5.41, 5.74) is -0.674. The number of fused-ring (bicyclic) bond motifs is 1. The third-order valence-electron chi connectivity index (χ3n) is 6.94. The molecule has 2 atom stereocenters. The largest absolute Gasteiger partial charge is 0.465 e. The normalized spacial score (nSPS) is 23.3. The van der Waals surface area contributed by atoms with Crippen molar-refractivity contribution in [3.8, 4) is 0 Å². The number of sulfone groups is 2. The quantitative estimate of drug-likeness (QED) is 0.516. The number of cyclic esters (lactones) is 1. The number of dihydropyridines is 1. The van der Waals surface area contributed by atoms with E-state index < -0.39 is 69.7 Å². The average Bonchev–Trinajstić information content (AvgIpc) is 3.25. The fraction of sp³-hybridized carbons (Fsp3) is 0.308. The van der Waals surface area contributed by atoms with E-state index in [2.05, 4.69) is 5.32 Å². The van der Waals surface area contributed by atoms with E-state index in [-0.39, 0.29) is 47.2 Å². The van der Waals surface area contributed by atoms with Crippen molar-refractivity contribution in [3.05, 3.63) is 80.7 Å². The first-order valence-electron chi connectivity index (χ1n) is 12.0. The van der Waals surface area contributed by atoms with Crippen molar-refractivity contribution in [1.82, 2.24) is 5.32 Å². The van der Waals surface area contributed by atoms with E-state index in [0.717, 1.165) is 12.1 Å². The van der Waals surface area contributed by atoms with Gasteiger partial charge in [-0.25, -0.2) is 26.0 Å². The standard InChI is InChI=1S/C26H23ClFNO8S2/c1-14-21(26(31)37-12-10-15-9-11-36-25(15)30)23(22-16(27)5-4-6-17(22)28)24-18(29-14)13-38(32,33)19-7-2-3-8-20(19)39(24,34)35/h2-8,15,23,29H,9-13H2,1H3. The summed E-state index contributed by atoms with van der Waals surface area (Å²) in [6, 6.07) is 8.87. The highest BCUT2D eigenvalue weighted by Crippen LogP contribution is 2.48. The van der Waals surface area contributed by atoms with Crippen LogP contribution in [-0.4, -0.2) is 47.7 Å². The van der Waals surface area contributed by atoms with E-state index in [1.54, 1.807) is 0 Å². The van der Waals surface area contributed by atoms with Crippen molar-refractivity contribution in [2.75, 3.05) is 19.0 Å². The molecular formula is C26H23ClFNO8S2. The Morgan fingerprint density at radius 3 is 2.51 bits per heavy atom. The molecule has 3 aliphatic heterocycles. The van der Waals surface area contributed by atoms with E-state index in [9.17, 15) is 26.4 Å². The molecule has 0 spiro atoms. The number of benzene rings is 2. The second-order valence-electron chi connectivity index (χ2n) is 9.36. The molecule has 1 N–H and O–H groups in total. The summed E-state index contributed by atoms with van der Waals surface area (Å²) in [4.78, 5) is 23.9. The Morgan fingerprint density at radius 2 is 1.85 bits per heavy atom. The highest BCUT2D eigenvalue weighted by Gasteiger charge is 2.47. The first kappa shape index (κ1) is 27.4. The molecule has 0 saturated carbocycles. The van der Waals surface area contributed by atoms with Gasteiger partial charge in [0.15, 0.2) is 9.84 Å². The number of ether oxygens (including phenoxy) is 2. The zero-order valence-corrected chi connectivity index (χ0v) is 23.0. The van der Waals surface area contributed by atoms with Gasteiger partial charge in [-0.05, 0) is 44.0 Å². The topological polar surface area (TPSA) is 133 Å². The number of nitrogens with one attached hydrogen (secondary N) is 1. The predicted molar refractivity (Wildman–Crippen MR) is 137 cm³/mol. The zero-order valence-electron chi connectivity index (χ0n) is 20.6. The van der Waals surface area contributed by atoms with E-state index in [1.807, 2.05) is 0 Å².